The highest BCUT2D eigenvalue weighted by molar-refractivity contribution is 5.70. The summed E-state index contributed by atoms with van der Waals surface area (Å²) in [6.45, 7) is 2.86. The number of imidazole rings is 1. The van der Waals surface area contributed by atoms with E-state index in [-0.39, 0.29) is 5.95 Å². The Morgan fingerprint density at radius 2 is 2.27 bits per heavy atom. The summed E-state index contributed by atoms with van der Waals surface area (Å²) in [5, 5.41) is 0. The first-order valence-corrected chi connectivity index (χ1v) is 4.89. The van der Waals surface area contributed by atoms with Crippen LogP contribution in [0.5, 0.6) is 0 Å². The molecule has 2 aromatic rings. The van der Waals surface area contributed by atoms with Crippen molar-refractivity contribution in [2.24, 2.45) is 0 Å². The Balaban J connectivity index is 2.35. The third-order valence-electron chi connectivity index (χ3n) is 2.08. The molecule has 0 aliphatic heterocycles. The van der Waals surface area contributed by atoms with Gasteiger partial charge in [0.05, 0.1) is 12.5 Å². The molecule has 0 fully saturated rings. The lowest BCUT2D eigenvalue weighted by Gasteiger charge is -1.98. The summed E-state index contributed by atoms with van der Waals surface area (Å²) in [7, 11) is 0. The average molecular weight is 203 g/mol. The van der Waals surface area contributed by atoms with Crippen LogP contribution >= 0.6 is 0 Å². The number of nitrogen functional groups attached to an aromatic ring is 1. The van der Waals surface area contributed by atoms with E-state index in [1.165, 1.54) is 0 Å². The normalized spacial score (nSPS) is 11.5. The van der Waals surface area contributed by atoms with E-state index in [2.05, 4.69) is 34.0 Å². The molecule has 78 valence electrons. The van der Waals surface area contributed by atoms with Gasteiger partial charge in [-0.25, -0.2) is 9.97 Å². The first-order valence-electron chi connectivity index (χ1n) is 4.89. The third kappa shape index (κ3) is 1.96. The van der Waals surface area contributed by atoms with Crippen LogP contribution in [-0.4, -0.2) is 19.5 Å². The number of anilines is 1. The number of fused-ring (bicyclic) bond motifs is 1. The predicted octanol–water partition coefficient (Wildman–Crippen LogP) is 1.37. The highest BCUT2D eigenvalue weighted by atomic mass is 15.1. The standard InChI is InChI=1S/C10H13N5/c1-2-3-4-5-15-7-13-8-6-12-10(11)14-9(8)15/h3-4,6-7H,2,5H2,1H3,(H2,11,12,14)/b4-3-. The van der Waals surface area contributed by atoms with Gasteiger partial charge < -0.3 is 10.3 Å². The van der Waals surface area contributed by atoms with Gasteiger partial charge in [-0.15, -0.1) is 0 Å². The summed E-state index contributed by atoms with van der Waals surface area (Å²) in [4.78, 5) is 12.2. The molecule has 5 nitrogen and oxygen atoms in total. The van der Waals surface area contributed by atoms with E-state index in [0.29, 0.717) is 0 Å². The zero-order chi connectivity index (χ0) is 10.7. The molecule has 0 saturated heterocycles. The van der Waals surface area contributed by atoms with Gasteiger partial charge in [0.25, 0.3) is 0 Å². The zero-order valence-electron chi connectivity index (χ0n) is 8.59. The van der Waals surface area contributed by atoms with Gasteiger partial charge in [0.1, 0.15) is 5.52 Å². The van der Waals surface area contributed by atoms with Crippen molar-refractivity contribution in [3.05, 3.63) is 24.7 Å². The molecule has 0 unspecified atom stereocenters. The fourth-order valence-electron chi connectivity index (χ4n) is 1.36. The van der Waals surface area contributed by atoms with E-state index >= 15 is 0 Å². The van der Waals surface area contributed by atoms with Crippen molar-refractivity contribution < 1.29 is 0 Å². The van der Waals surface area contributed by atoms with Crippen LogP contribution in [0.3, 0.4) is 0 Å². The van der Waals surface area contributed by atoms with Gasteiger partial charge in [-0.05, 0) is 6.42 Å². The molecular weight excluding hydrogens is 190 g/mol. The van der Waals surface area contributed by atoms with Crippen LogP contribution in [0.25, 0.3) is 11.2 Å². The highest BCUT2D eigenvalue weighted by Crippen LogP contribution is 2.09. The molecule has 2 rings (SSSR count). The van der Waals surface area contributed by atoms with Gasteiger partial charge in [-0.2, -0.15) is 4.98 Å². The Morgan fingerprint density at radius 3 is 3.07 bits per heavy atom. The summed E-state index contributed by atoms with van der Waals surface area (Å²) in [6.07, 6.45) is 8.61. The molecule has 0 bridgehead atoms. The van der Waals surface area contributed by atoms with Crippen LogP contribution in [0.1, 0.15) is 13.3 Å². The molecular formula is C10H13N5. The highest BCUT2D eigenvalue weighted by Gasteiger charge is 2.03. The maximum atomic E-state index is 5.53. The lowest BCUT2D eigenvalue weighted by atomic mass is 10.4. The largest absolute Gasteiger partial charge is 0.368 e. The minimum atomic E-state index is 0.281. The molecule has 2 N–H and O–H groups in total. The van der Waals surface area contributed by atoms with E-state index in [4.69, 9.17) is 5.73 Å². The van der Waals surface area contributed by atoms with Gasteiger partial charge in [-0.1, -0.05) is 19.1 Å². The summed E-state index contributed by atoms with van der Waals surface area (Å²) in [6, 6.07) is 0. The molecule has 0 aromatic carbocycles. The maximum Gasteiger partial charge on any atom is 0.222 e. The Hall–Kier alpha value is -1.91. The third-order valence-corrected chi connectivity index (χ3v) is 2.08. The van der Waals surface area contributed by atoms with E-state index in [0.717, 1.165) is 24.1 Å². The van der Waals surface area contributed by atoms with Crippen molar-refractivity contribution in [2.45, 2.75) is 19.9 Å². The first kappa shape index (κ1) is 9.64. The van der Waals surface area contributed by atoms with Gasteiger partial charge in [-0.3, -0.25) is 0 Å². The molecule has 0 spiro atoms. The van der Waals surface area contributed by atoms with E-state index < -0.39 is 0 Å². The number of allylic oxidation sites excluding steroid dienone is 2. The topological polar surface area (TPSA) is 69.6 Å². The van der Waals surface area contributed by atoms with Crippen molar-refractivity contribution in [3.63, 3.8) is 0 Å². The Kier molecular flexibility index (Phi) is 2.62. The second-order valence-electron chi connectivity index (χ2n) is 3.21. The van der Waals surface area contributed by atoms with Crippen molar-refractivity contribution in [1.82, 2.24) is 19.5 Å². The number of nitrogens with two attached hydrogens (primary N) is 1. The van der Waals surface area contributed by atoms with Gasteiger partial charge in [0, 0.05) is 6.54 Å². The maximum absolute atomic E-state index is 5.53. The van der Waals surface area contributed by atoms with Crippen LogP contribution in [0.4, 0.5) is 5.95 Å². The first-order chi connectivity index (χ1) is 7.31. The summed E-state index contributed by atoms with van der Waals surface area (Å²) < 4.78 is 1.94. The Morgan fingerprint density at radius 1 is 1.40 bits per heavy atom. The predicted molar refractivity (Wildman–Crippen MR) is 59.2 cm³/mol. The van der Waals surface area contributed by atoms with Crippen LogP contribution in [0.15, 0.2) is 24.7 Å². The van der Waals surface area contributed by atoms with Crippen molar-refractivity contribution >= 4 is 17.1 Å². The van der Waals surface area contributed by atoms with Crippen LogP contribution in [0.2, 0.25) is 0 Å². The molecule has 0 aliphatic carbocycles. The van der Waals surface area contributed by atoms with Crippen molar-refractivity contribution in [3.8, 4) is 0 Å². The molecule has 0 amide bonds. The van der Waals surface area contributed by atoms with E-state index in [1.54, 1.807) is 12.5 Å². The number of hydrogen-bond acceptors (Lipinski definition) is 4. The fraction of sp³-hybridized carbons (Fsp3) is 0.300. The molecule has 2 heterocycles. The molecule has 0 aliphatic rings. The van der Waals surface area contributed by atoms with Crippen LogP contribution in [-0.2, 0) is 6.54 Å². The van der Waals surface area contributed by atoms with E-state index in [1.807, 2.05) is 4.57 Å². The van der Waals surface area contributed by atoms with Crippen LogP contribution < -0.4 is 5.73 Å². The SMILES string of the molecule is CC/C=C\Cn1cnc2cnc(N)nc21. The van der Waals surface area contributed by atoms with Crippen molar-refractivity contribution in [1.29, 1.82) is 0 Å². The minimum absolute atomic E-state index is 0.281. The van der Waals surface area contributed by atoms with E-state index in [9.17, 15) is 0 Å². The Bertz CT molecular complexity index is 486. The smallest absolute Gasteiger partial charge is 0.222 e. The average Bonchev–Trinajstić information content (AvgIpc) is 2.62. The van der Waals surface area contributed by atoms with Gasteiger partial charge in [0.15, 0.2) is 5.65 Å². The monoisotopic (exact) mass is 203 g/mol. The van der Waals surface area contributed by atoms with Crippen molar-refractivity contribution in [2.75, 3.05) is 5.73 Å². The molecule has 0 radical (unpaired) electrons. The quantitative estimate of drug-likeness (QED) is 0.765. The minimum Gasteiger partial charge on any atom is -0.368 e. The van der Waals surface area contributed by atoms with Crippen LogP contribution in [0, 0.1) is 0 Å². The molecule has 2 aromatic heterocycles. The summed E-state index contributed by atoms with van der Waals surface area (Å²) in [5.41, 5.74) is 7.08. The molecule has 0 atom stereocenters. The summed E-state index contributed by atoms with van der Waals surface area (Å²) in [5.74, 6) is 0.281. The van der Waals surface area contributed by atoms with Gasteiger partial charge >= 0.3 is 0 Å². The van der Waals surface area contributed by atoms with Gasteiger partial charge in [0.2, 0.25) is 5.95 Å². The number of hydrogen-bond donors (Lipinski definition) is 1. The lowest BCUT2D eigenvalue weighted by Crippen LogP contribution is -1.99. The number of nitrogens with zero attached hydrogens (tertiary/aromatic N) is 4. The zero-order valence-corrected chi connectivity index (χ0v) is 8.59. The summed E-state index contributed by atoms with van der Waals surface area (Å²) >= 11 is 0. The molecule has 5 heteroatoms. The Labute approximate surface area is 87.7 Å². The fourth-order valence-corrected chi connectivity index (χ4v) is 1.36. The number of rotatable bonds is 3. The lowest BCUT2D eigenvalue weighted by molar-refractivity contribution is 0.834. The second-order valence-corrected chi connectivity index (χ2v) is 3.21. The number of aromatic nitrogens is 4. The molecule has 15 heavy (non-hydrogen) atoms. The molecule has 0 saturated carbocycles. The second kappa shape index (κ2) is 4.08.